The highest BCUT2D eigenvalue weighted by Gasteiger charge is 2.16. The van der Waals surface area contributed by atoms with E-state index in [4.69, 9.17) is 10.2 Å². The first-order valence-electron chi connectivity index (χ1n) is 4.79. The molecule has 14 heavy (non-hydrogen) atoms. The maximum Gasteiger partial charge on any atom is 0.212 e. The van der Waals surface area contributed by atoms with Crippen LogP contribution in [0.4, 0.5) is 0 Å². The molecule has 0 aliphatic heterocycles. The number of aromatic nitrogens is 1. The molecule has 1 heterocycles. The van der Waals surface area contributed by atoms with Gasteiger partial charge < -0.3 is 10.2 Å². The van der Waals surface area contributed by atoms with Crippen molar-refractivity contribution in [3.8, 4) is 0 Å². The van der Waals surface area contributed by atoms with Gasteiger partial charge in [-0.15, -0.1) is 0 Å². The van der Waals surface area contributed by atoms with Gasteiger partial charge in [-0.3, -0.25) is 0 Å². The lowest BCUT2D eigenvalue weighted by Crippen LogP contribution is -2.16. The number of hydrogen-bond donors (Lipinski definition) is 1. The maximum atomic E-state index is 5.95. The summed E-state index contributed by atoms with van der Waals surface area (Å²) in [6.07, 6.45) is 0. The van der Waals surface area contributed by atoms with Gasteiger partial charge in [-0.25, -0.2) is 4.98 Å². The topological polar surface area (TPSA) is 52.0 Å². The Kier molecular flexibility index (Phi) is 2.25. The third-order valence-electron chi connectivity index (χ3n) is 2.31. The quantitative estimate of drug-likeness (QED) is 0.791. The summed E-state index contributed by atoms with van der Waals surface area (Å²) in [5.41, 5.74) is 7.62. The van der Waals surface area contributed by atoms with Gasteiger partial charge in [0.15, 0.2) is 5.58 Å². The molecule has 3 heteroatoms. The van der Waals surface area contributed by atoms with Crippen LogP contribution in [0.1, 0.15) is 25.8 Å². The lowest BCUT2D eigenvalue weighted by atomic mass is 10.1. The van der Waals surface area contributed by atoms with Gasteiger partial charge in [0.1, 0.15) is 5.52 Å². The maximum absolute atomic E-state index is 5.95. The van der Waals surface area contributed by atoms with Gasteiger partial charge in [0.2, 0.25) is 5.89 Å². The van der Waals surface area contributed by atoms with Crippen LogP contribution in [0.15, 0.2) is 28.7 Å². The van der Waals surface area contributed by atoms with E-state index in [9.17, 15) is 0 Å². The molecule has 3 nitrogen and oxygen atoms in total. The molecule has 1 aromatic heterocycles. The van der Waals surface area contributed by atoms with Crippen molar-refractivity contribution in [3.63, 3.8) is 0 Å². The van der Waals surface area contributed by atoms with Crippen LogP contribution in [-0.2, 0) is 0 Å². The molecule has 0 saturated heterocycles. The van der Waals surface area contributed by atoms with E-state index in [1.54, 1.807) is 0 Å². The second-order valence-electron chi connectivity index (χ2n) is 3.79. The smallest absolute Gasteiger partial charge is 0.212 e. The monoisotopic (exact) mass is 190 g/mol. The molecule has 2 N–H and O–H groups in total. The number of fused-ring (bicyclic) bond motifs is 1. The van der Waals surface area contributed by atoms with E-state index in [0.717, 1.165) is 11.1 Å². The second kappa shape index (κ2) is 3.42. The Labute approximate surface area is 82.9 Å². The third kappa shape index (κ3) is 1.51. The number of hydrogen-bond acceptors (Lipinski definition) is 3. The van der Waals surface area contributed by atoms with E-state index in [0.29, 0.717) is 11.8 Å². The first-order valence-corrected chi connectivity index (χ1v) is 4.79. The van der Waals surface area contributed by atoms with Crippen LogP contribution in [0.3, 0.4) is 0 Å². The molecular formula is C11H14N2O. The van der Waals surface area contributed by atoms with Gasteiger partial charge in [0, 0.05) is 0 Å². The Morgan fingerprint density at radius 2 is 2.00 bits per heavy atom. The number of benzene rings is 1. The Balaban J connectivity index is 2.45. The highest BCUT2D eigenvalue weighted by Crippen LogP contribution is 2.22. The first kappa shape index (κ1) is 9.21. The SMILES string of the molecule is CC(C)C(N)c1nc2ccccc2o1. The minimum atomic E-state index is -0.123. The zero-order chi connectivity index (χ0) is 10.1. The zero-order valence-electron chi connectivity index (χ0n) is 8.40. The number of para-hydroxylation sites is 2. The Morgan fingerprint density at radius 1 is 1.29 bits per heavy atom. The minimum absolute atomic E-state index is 0.123. The van der Waals surface area contributed by atoms with Gasteiger partial charge in [-0.05, 0) is 18.1 Å². The summed E-state index contributed by atoms with van der Waals surface area (Å²) >= 11 is 0. The largest absolute Gasteiger partial charge is 0.439 e. The Morgan fingerprint density at radius 3 is 2.64 bits per heavy atom. The molecule has 0 saturated carbocycles. The second-order valence-corrected chi connectivity index (χ2v) is 3.79. The van der Waals surface area contributed by atoms with Crippen LogP contribution in [0.25, 0.3) is 11.1 Å². The summed E-state index contributed by atoms with van der Waals surface area (Å²) in [6.45, 7) is 4.11. The fourth-order valence-electron chi connectivity index (χ4n) is 1.32. The van der Waals surface area contributed by atoms with Crippen molar-refractivity contribution in [1.29, 1.82) is 0 Å². The molecule has 1 aromatic carbocycles. The van der Waals surface area contributed by atoms with Crippen molar-refractivity contribution >= 4 is 11.1 Å². The molecule has 0 radical (unpaired) electrons. The van der Waals surface area contributed by atoms with Crippen LogP contribution < -0.4 is 5.73 Å². The molecule has 74 valence electrons. The molecular weight excluding hydrogens is 176 g/mol. The molecule has 2 aromatic rings. The molecule has 1 unspecified atom stereocenters. The average Bonchev–Trinajstić information content (AvgIpc) is 2.59. The molecule has 0 fully saturated rings. The van der Waals surface area contributed by atoms with E-state index >= 15 is 0 Å². The van der Waals surface area contributed by atoms with E-state index < -0.39 is 0 Å². The predicted octanol–water partition coefficient (Wildman–Crippen LogP) is 2.48. The van der Waals surface area contributed by atoms with Crippen LogP contribution in [0.5, 0.6) is 0 Å². The lowest BCUT2D eigenvalue weighted by Gasteiger charge is -2.10. The molecule has 0 aliphatic rings. The molecule has 0 spiro atoms. The summed E-state index contributed by atoms with van der Waals surface area (Å²) in [4.78, 5) is 4.34. The van der Waals surface area contributed by atoms with Gasteiger partial charge in [-0.1, -0.05) is 26.0 Å². The van der Waals surface area contributed by atoms with E-state index in [2.05, 4.69) is 18.8 Å². The van der Waals surface area contributed by atoms with Crippen molar-refractivity contribution in [2.45, 2.75) is 19.9 Å². The Bertz CT molecular complexity index is 401. The summed E-state index contributed by atoms with van der Waals surface area (Å²) in [6, 6.07) is 7.57. The summed E-state index contributed by atoms with van der Waals surface area (Å²) in [5, 5.41) is 0. The predicted molar refractivity (Wildman–Crippen MR) is 55.8 cm³/mol. The third-order valence-corrected chi connectivity index (χ3v) is 2.31. The molecule has 0 amide bonds. The summed E-state index contributed by atoms with van der Waals surface area (Å²) in [7, 11) is 0. The van der Waals surface area contributed by atoms with Gasteiger partial charge in [-0.2, -0.15) is 0 Å². The highest BCUT2D eigenvalue weighted by atomic mass is 16.3. The van der Waals surface area contributed by atoms with Gasteiger partial charge >= 0.3 is 0 Å². The van der Waals surface area contributed by atoms with Gasteiger partial charge in [0.25, 0.3) is 0 Å². The van der Waals surface area contributed by atoms with Crippen molar-refractivity contribution in [1.82, 2.24) is 4.98 Å². The zero-order valence-corrected chi connectivity index (χ0v) is 8.40. The molecule has 0 bridgehead atoms. The van der Waals surface area contributed by atoms with Gasteiger partial charge in [0.05, 0.1) is 6.04 Å². The van der Waals surface area contributed by atoms with Crippen LogP contribution >= 0.6 is 0 Å². The molecule has 0 aliphatic carbocycles. The fraction of sp³-hybridized carbons (Fsp3) is 0.364. The van der Waals surface area contributed by atoms with E-state index in [-0.39, 0.29) is 6.04 Å². The van der Waals surface area contributed by atoms with Crippen LogP contribution in [0, 0.1) is 5.92 Å². The standard InChI is InChI=1S/C11H14N2O/c1-7(2)10(12)11-13-8-5-3-4-6-9(8)14-11/h3-7,10H,12H2,1-2H3. The minimum Gasteiger partial charge on any atom is -0.439 e. The highest BCUT2D eigenvalue weighted by molar-refractivity contribution is 5.72. The number of nitrogens with zero attached hydrogens (tertiary/aromatic N) is 1. The molecule has 1 atom stereocenters. The Hall–Kier alpha value is -1.35. The van der Waals surface area contributed by atoms with Crippen molar-refractivity contribution < 1.29 is 4.42 Å². The normalized spacial score (nSPS) is 13.7. The first-order chi connectivity index (χ1) is 6.68. The van der Waals surface area contributed by atoms with Crippen molar-refractivity contribution in [2.75, 3.05) is 0 Å². The summed E-state index contributed by atoms with van der Waals surface area (Å²) in [5.74, 6) is 0.962. The van der Waals surface area contributed by atoms with Crippen LogP contribution in [0.2, 0.25) is 0 Å². The summed E-state index contributed by atoms with van der Waals surface area (Å²) < 4.78 is 5.56. The molecule has 2 rings (SSSR count). The van der Waals surface area contributed by atoms with Crippen molar-refractivity contribution in [2.24, 2.45) is 11.7 Å². The fourth-order valence-corrected chi connectivity index (χ4v) is 1.32. The van der Waals surface area contributed by atoms with E-state index in [1.807, 2.05) is 24.3 Å². The number of rotatable bonds is 2. The average molecular weight is 190 g/mol. The number of nitrogens with two attached hydrogens (primary N) is 1. The van der Waals surface area contributed by atoms with Crippen LogP contribution in [-0.4, -0.2) is 4.98 Å². The lowest BCUT2D eigenvalue weighted by molar-refractivity contribution is 0.403. The van der Waals surface area contributed by atoms with E-state index in [1.165, 1.54) is 0 Å². The van der Waals surface area contributed by atoms with Crippen molar-refractivity contribution in [3.05, 3.63) is 30.2 Å². The number of oxazole rings is 1.